The Bertz CT molecular complexity index is 1030. The molecule has 1 aliphatic rings. The fraction of sp³-hybridized carbons (Fsp3) is 0.433. The Morgan fingerprint density at radius 2 is 1.65 bits per heavy atom. The zero-order valence-electron chi connectivity index (χ0n) is 20.4. The SMILES string of the molecule is CCCCCc1ccc(C(=O)N(Cc2cccn2Cc2ccc(F)cc2)C2CCCCC2)cc1. The van der Waals surface area contributed by atoms with Crippen LogP contribution in [-0.4, -0.2) is 21.4 Å². The summed E-state index contributed by atoms with van der Waals surface area (Å²) in [4.78, 5) is 15.8. The van der Waals surface area contributed by atoms with Gasteiger partial charge in [-0.05, 0) is 73.2 Å². The number of hydrogen-bond donors (Lipinski definition) is 0. The fourth-order valence-electron chi connectivity index (χ4n) is 5.03. The van der Waals surface area contributed by atoms with Crippen molar-refractivity contribution in [2.75, 3.05) is 0 Å². The Kier molecular flexibility index (Phi) is 8.56. The van der Waals surface area contributed by atoms with E-state index in [1.165, 1.54) is 56.2 Å². The molecule has 4 rings (SSSR count). The third-order valence-electron chi connectivity index (χ3n) is 7.07. The lowest BCUT2D eigenvalue weighted by molar-refractivity contribution is 0.0608. The molecule has 4 heteroatoms. The summed E-state index contributed by atoms with van der Waals surface area (Å²) in [5, 5.41) is 0. The predicted molar refractivity (Wildman–Crippen MR) is 136 cm³/mol. The van der Waals surface area contributed by atoms with E-state index in [9.17, 15) is 9.18 Å². The van der Waals surface area contributed by atoms with E-state index in [4.69, 9.17) is 0 Å². The lowest BCUT2D eigenvalue weighted by Crippen LogP contribution is -2.41. The summed E-state index contributed by atoms with van der Waals surface area (Å²) in [6.45, 7) is 3.48. The molecule has 0 N–H and O–H groups in total. The number of carbonyl (C=O) groups excluding carboxylic acids is 1. The van der Waals surface area contributed by atoms with Crippen LogP contribution in [0.15, 0.2) is 66.9 Å². The Hall–Kier alpha value is -2.88. The predicted octanol–water partition coefficient (Wildman–Crippen LogP) is 7.38. The Balaban J connectivity index is 1.51. The van der Waals surface area contributed by atoms with Crippen LogP contribution in [0.25, 0.3) is 0 Å². The maximum atomic E-state index is 13.7. The third kappa shape index (κ3) is 6.37. The van der Waals surface area contributed by atoms with Crippen LogP contribution >= 0.6 is 0 Å². The third-order valence-corrected chi connectivity index (χ3v) is 7.07. The van der Waals surface area contributed by atoms with Gasteiger partial charge in [-0.3, -0.25) is 4.79 Å². The first-order valence-corrected chi connectivity index (χ1v) is 12.9. The number of hydrogen-bond acceptors (Lipinski definition) is 1. The molecule has 1 fully saturated rings. The van der Waals surface area contributed by atoms with E-state index >= 15 is 0 Å². The van der Waals surface area contributed by atoms with Gasteiger partial charge in [0.1, 0.15) is 5.82 Å². The summed E-state index contributed by atoms with van der Waals surface area (Å²) < 4.78 is 15.5. The van der Waals surface area contributed by atoms with Crippen LogP contribution < -0.4 is 0 Å². The van der Waals surface area contributed by atoms with Gasteiger partial charge in [0.05, 0.1) is 6.54 Å². The van der Waals surface area contributed by atoms with Gasteiger partial charge in [-0.2, -0.15) is 0 Å². The first-order valence-electron chi connectivity index (χ1n) is 12.9. The van der Waals surface area contributed by atoms with Gasteiger partial charge >= 0.3 is 0 Å². The van der Waals surface area contributed by atoms with E-state index in [2.05, 4.69) is 34.6 Å². The van der Waals surface area contributed by atoms with Crippen molar-refractivity contribution in [1.82, 2.24) is 9.47 Å². The van der Waals surface area contributed by atoms with Gasteiger partial charge in [0.15, 0.2) is 0 Å². The molecule has 3 aromatic rings. The Labute approximate surface area is 203 Å². The molecule has 1 heterocycles. The molecule has 0 aliphatic heterocycles. The van der Waals surface area contributed by atoms with Crippen molar-refractivity contribution in [3.8, 4) is 0 Å². The number of halogens is 1. The van der Waals surface area contributed by atoms with E-state index in [1.807, 2.05) is 36.5 Å². The molecule has 180 valence electrons. The van der Waals surface area contributed by atoms with Crippen LogP contribution in [0.1, 0.15) is 85.5 Å². The highest BCUT2D eigenvalue weighted by Crippen LogP contribution is 2.26. The van der Waals surface area contributed by atoms with Gasteiger partial charge < -0.3 is 9.47 Å². The first-order chi connectivity index (χ1) is 16.6. The molecule has 0 spiro atoms. The highest BCUT2D eigenvalue weighted by molar-refractivity contribution is 5.94. The van der Waals surface area contributed by atoms with Crippen molar-refractivity contribution < 1.29 is 9.18 Å². The van der Waals surface area contributed by atoms with Crippen LogP contribution in [0.4, 0.5) is 4.39 Å². The molecule has 1 saturated carbocycles. The van der Waals surface area contributed by atoms with Crippen LogP contribution in [-0.2, 0) is 19.5 Å². The first kappa shape index (κ1) is 24.3. The van der Waals surface area contributed by atoms with Crippen LogP contribution in [0, 0.1) is 5.82 Å². The number of amides is 1. The Morgan fingerprint density at radius 3 is 2.35 bits per heavy atom. The van der Waals surface area contributed by atoms with Gasteiger partial charge in [-0.25, -0.2) is 4.39 Å². The number of nitrogens with zero attached hydrogens (tertiary/aromatic N) is 2. The van der Waals surface area contributed by atoms with E-state index in [-0.39, 0.29) is 17.8 Å². The molecule has 0 radical (unpaired) electrons. The maximum absolute atomic E-state index is 13.7. The van der Waals surface area contributed by atoms with Gasteiger partial charge in [-0.1, -0.05) is 63.3 Å². The molecule has 34 heavy (non-hydrogen) atoms. The molecular weight excluding hydrogens is 423 g/mol. The van der Waals surface area contributed by atoms with E-state index in [0.717, 1.165) is 36.1 Å². The van der Waals surface area contributed by atoms with E-state index < -0.39 is 0 Å². The van der Waals surface area contributed by atoms with Crippen LogP contribution in [0.3, 0.4) is 0 Å². The maximum Gasteiger partial charge on any atom is 0.254 e. The summed E-state index contributed by atoms with van der Waals surface area (Å²) in [7, 11) is 0. The number of unbranched alkanes of at least 4 members (excludes halogenated alkanes) is 2. The summed E-state index contributed by atoms with van der Waals surface area (Å²) in [5.74, 6) is -0.0940. The topological polar surface area (TPSA) is 25.2 Å². The molecule has 0 bridgehead atoms. The minimum atomic E-state index is -0.220. The quantitative estimate of drug-likeness (QED) is 0.290. The van der Waals surface area contributed by atoms with Crippen LogP contribution in [0.2, 0.25) is 0 Å². The lowest BCUT2D eigenvalue weighted by atomic mass is 9.93. The smallest absolute Gasteiger partial charge is 0.254 e. The second-order valence-electron chi connectivity index (χ2n) is 9.63. The number of benzene rings is 2. The minimum Gasteiger partial charge on any atom is -0.345 e. The van der Waals surface area contributed by atoms with Gasteiger partial charge in [0.2, 0.25) is 0 Å². The summed E-state index contributed by atoms with van der Waals surface area (Å²) in [6, 6.07) is 19.3. The van der Waals surface area contributed by atoms with Crippen molar-refractivity contribution in [1.29, 1.82) is 0 Å². The van der Waals surface area contributed by atoms with Crippen molar-refractivity contribution in [3.63, 3.8) is 0 Å². The molecule has 2 aromatic carbocycles. The molecule has 1 aromatic heterocycles. The van der Waals surface area contributed by atoms with Crippen molar-refractivity contribution in [2.45, 2.75) is 83.8 Å². The highest BCUT2D eigenvalue weighted by Gasteiger charge is 2.27. The van der Waals surface area contributed by atoms with Crippen molar-refractivity contribution in [3.05, 3.63) is 95.1 Å². The Morgan fingerprint density at radius 1 is 0.941 bits per heavy atom. The fourth-order valence-corrected chi connectivity index (χ4v) is 5.03. The number of carbonyl (C=O) groups is 1. The van der Waals surface area contributed by atoms with Crippen molar-refractivity contribution in [2.24, 2.45) is 0 Å². The summed E-state index contributed by atoms with van der Waals surface area (Å²) >= 11 is 0. The monoisotopic (exact) mass is 460 g/mol. The van der Waals surface area contributed by atoms with Gasteiger partial charge in [0, 0.05) is 30.0 Å². The molecular formula is C30H37FN2O. The molecule has 0 unspecified atom stereocenters. The zero-order valence-corrected chi connectivity index (χ0v) is 20.4. The van der Waals surface area contributed by atoms with Crippen molar-refractivity contribution >= 4 is 5.91 Å². The second kappa shape index (κ2) is 12.0. The summed E-state index contributed by atoms with van der Waals surface area (Å²) in [6.07, 6.45) is 12.5. The van der Waals surface area contributed by atoms with E-state index in [1.54, 1.807) is 0 Å². The summed E-state index contributed by atoms with van der Waals surface area (Å²) in [5.41, 5.74) is 4.25. The molecule has 1 aliphatic carbocycles. The highest BCUT2D eigenvalue weighted by atomic mass is 19.1. The van der Waals surface area contributed by atoms with Crippen LogP contribution in [0.5, 0.6) is 0 Å². The average molecular weight is 461 g/mol. The lowest BCUT2D eigenvalue weighted by Gasteiger charge is -2.35. The van der Waals surface area contributed by atoms with E-state index in [0.29, 0.717) is 13.1 Å². The largest absolute Gasteiger partial charge is 0.345 e. The zero-order chi connectivity index (χ0) is 23.8. The van der Waals surface area contributed by atoms with Gasteiger partial charge in [-0.15, -0.1) is 0 Å². The standard InChI is InChI=1S/C30H37FN2O/c1-2-3-5-9-24-13-17-26(18-14-24)30(34)33(28-10-6-4-7-11-28)23-29-12-8-21-32(29)22-25-15-19-27(31)20-16-25/h8,12-21,28H,2-7,9-11,22-23H2,1H3. The minimum absolute atomic E-state index is 0.126. The molecule has 0 atom stereocenters. The molecule has 3 nitrogen and oxygen atoms in total. The number of aromatic nitrogens is 1. The second-order valence-corrected chi connectivity index (χ2v) is 9.63. The average Bonchev–Trinajstić information content (AvgIpc) is 3.31. The van der Waals surface area contributed by atoms with Gasteiger partial charge in [0.25, 0.3) is 5.91 Å². The number of aryl methyl sites for hydroxylation is 1. The molecule has 1 amide bonds. The normalized spacial score (nSPS) is 14.3. The number of rotatable bonds is 10. The molecule has 0 saturated heterocycles.